The molecule has 0 spiro atoms. The highest BCUT2D eigenvalue weighted by Crippen LogP contribution is 2.29. The predicted octanol–water partition coefficient (Wildman–Crippen LogP) is 3.58. The number of aromatic nitrogens is 1. The van der Waals surface area contributed by atoms with Gasteiger partial charge in [0.25, 0.3) is 0 Å². The molecule has 1 aromatic carbocycles. The van der Waals surface area contributed by atoms with Crippen LogP contribution in [0.1, 0.15) is 13.8 Å². The minimum atomic E-state index is 0.657. The number of hydrogen-bond acceptors (Lipinski definition) is 3. The lowest BCUT2D eigenvalue weighted by atomic mass is 10.1. The van der Waals surface area contributed by atoms with Crippen molar-refractivity contribution in [1.29, 1.82) is 0 Å². The van der Waals surface area contributed by atoms with Gasteiger partial charge in [0.2, 0.25) is 0 Å². The molecule has 2 rings (SSSR count). The zero-order valence-corrected chi connectivity index (χ0v) is 10.8. The normalized spacial score (nSPS) is 10.1. The molecule has 1 N–H and O–H groups in total. The van der Waals surface area contributed by atoms with Crippen LogP contribution in [0, 0.1) is 0 Å². The maximum atomic E-state index is 5.63. The number of nitrogens with zero attached hydrogens (tertiary/aromatic N) is 1. The Morgan fingerprint density at radius 1 is 1.17 bits per heavy atom. The zero-order chi connectivity index (χ0) is 12.8. The van der Waals surface area contributed by atoms with E-state index in [9.17, 15) is 0 Å². The maximum absolute atomic E-state index is 5.63. The number of ether oxygens (including phenoxy) is 1. The fourth-order valence-corrected chi connectivity index (χ4v) is 1.85. The van der Waals surface area contributed by atoms with Crippen LogP contribution in [0.4, 0.5) is 5.69 Å². The Bertz CT molecular complexity index is 511. The lowest BCUT2D eigenvalue weighted by Gasteiger charge is -2.10. The molecule has 0 atom stereocenters. The Kier molecular flexibility index (Phi) is 4.18. The summed E-state index contributed by atoms with van der Waals surface area (Å²) in [6.45, 7) is 5.62. The highest BCUT2D eigenvalue weighted by atomic mass is 16.5. The first kappa shape index (κ1) is 12.4. The highest BCUT2D eigenvalue weighted by Gasteiger charge is 2.06. The molecule has 2 aromatic rings. The van der Waals surface area contributed by atoms with Crippen molar-refractivity contribution in [2.75, 3.05) is 18.5 Å². The van der Waals surface area contributed by atoms with Crippen LogP contribution < -0.4 is 10.1 Å². The summed E-state index contributed by atoms with van der Waals surface area (Å²) >= 11 is 0. The van der Waals surface area contributed by atoms with Gasteiger partial charge in [-0.2, -0.15) is 0 Å². The largest absolute Gasteiger partial charge is 0.493 e. The van der Waals surface area contributed by atoms with E-state index >= 15 is 0 Å². The van der Waals surface area contributed by atoms with Gasteiger partial charge in [-0.15, -0.1) is 0 Å². The standard InChI is InChI=1S/C15H18N2O/c1-3-16-12-9-10-17-14(11-12)13-7-5-6-8-15(13)18-4-2/h5-11H,3-4H2,1-2H3,(H,16,17). The molecule has 3 heteroatoms. The minimum Gasteiger partial charge on any atom is -0.493 e. The number of nitrogens with one attached hydrogen (secondary N) is 1. The van der Waals surface area contributed by atoms with Crippen LogP contribution in [-0.2, 0) is 0 Å². The molecule has 0 bridgehead atoms. The summed E-state index contributed by atoms with van der Waals surface area (Å²) in [5, 5.41) is 3.29. The minimum absolute atomic E-state index is 0.657. The molecule has 1 aromatic heterocycles. The smallest absolute Gasteiger partial charge is 0.128 e. The van der Waals surface area contributed by atoms with Crippen molar-refractivity contribution in [2.45, 2.75) is 13.8 Å². The maximum Gasteiger partial charge on any atom is 0.128 e. The molecule has 0 amide bonds. The molecule has 3 nitrogen and oxygen atoms in total. The quantitative estimate of drug-likeness (QED) is 0.870. The second-order valence-electron chi connectivity index (χ2n) is 3.89. The van der Waals surface area contributed by atoms with Gasteiger partial charge in [-0.3, -0.25) is 4.98 Å². The first-order valence-corrected chi connectivity index (χ1v) is 6.27. The van der Waals surface area contributed by atoms with Gasteiger partial charge < -0.3 is 10.1 Å². The average molecular weight is 242 g/mol. The molecule has 0 aliphatic heterocycles. The molecule has 18 heavy (non-hydrogen) atoms. The van der Waals surface area contributed by atoms with Crippen molar-refractivity contribution in [3.05, 3.63) is 42.6 Å². The van der Waals surface area contributed by atoms with Crippen molar-refractivity contribution < 1.29 is 4.74 Å². The van der Waals surface area contributed by atoms with E-state index in [1.165, 1.54) is 0 Å². The number of hydrogen-bond donors (Lipinski definition) is 1. The molecular formula is C15H18N2O. The van der Waals surface area contributed by atoms with Crippen LogP contribution >= 0.6 is 0 Å². The van der Waals surface area contributed by atoms with Gasteiger partial charge in [0.15, 0.2) is 0 Å². The lowest BCUT2D eigenvalue weighted by Crippen LogP contribution is -1.98. The summed E-state index contributed by atoms with van der Waals surface area (Å²) in [4.78, 5) is 4.41. The molecule has 0 saturated heterocycles. The van der Waals surface area contributed by atoms with Crippen LogP contribution in [0.5, 0.6) is 5.75 Å². The second kappa shape index (κ2) is 6.05. The van der Waals surface area contributed by atoms with E-state index in [2.05, 4.69) is 17.2 Å². The highest BCUT2D eigenvalue weighted by molar-refractivity contribution is 5.69. The van der Waals surface area contributed by atoms with Crippen LogP contribution in [0.2, 0.25) is 0 Å². The van der Waals surface area contributed by atoms with Crippen molar-refractivity contribution in [3.8, 4) is 17.0 Å². The Balaban J connectivity index is 2.38. The number of para-hydroxylation sites is 1. The van der Waals surface area contributed by atoms with Crippen LogP contribution in [0.3, 0.4) is 0 Å². The molecule has 0 unspecified atom stereocenters. The van der Waals surface area contributed by atoms with Crippen LogP contribution in [-0.4, -0.2) is 18.1 Å². The third-order valence-electron chi connectivity index (χ3n) is 2.60. The van der Waals surface area contributed by atoms with Crippen molar-refractivity contribution in [3.63, 3.8) is 0 Å². The van der Waals surface area contributed by atoms with E-state index in [0.717, 1.165) is 29.2 Å². The summed E-state index contributed by atoms with van der Waals surface area (Å²) in [5.74, 6) is 0.876. The van der Waals surface area contributed by atoms with Gasteiger partial charge in [-0.1, -0.05) is 12.1 Å². The van der Waals surface area contributed by atoms with Crippen molar-refractivity contribution in [1.82, 2.24) is 4.98 Å². The van der Waals surface area contributed by atoms with E-state index in [4.69, 9.17) is 4.74 Å². The predicted molar refractivity (Wildman–Crippen MR) is 75.0 cm³/mol. The molecule has 94 valence electrons. The molecular weight excluding hydrogens is 224 g/mol. The average Bonchev–Trinajstić information content (AvgIpc) is 2.40. The first-order chi connectivity index (χ1) is 8.85. The van der Waals surface area contributed by atoms with E-state index < -0.39 is 0 Å². The van der Waals surface area contributed by atoms with Gasteiger partial charge >= 0.3 is 0 Å². The van der Waals surface area contributed by atoms with E-state index in [0.29, 0.717) is 6.61 Å². The summed E-state index contributed by atoms with van der Waals surface area (Å²) < 4.78 is 5.63. The topological polar surface area (TPSA) is 34.2 Å². The Hall–Kier alpha value is -2.03. The van der Waals surface area contributed by atoms with Gasteiger partial charge in [-0.25, -0.2) is 0 Å². The molecule has 0 saturated carbocycles. The third-order valence-corrected chi connectivity index (χ3v) is 2.60. The number of benzene rings is 1. The van der Waals surface area contributed by atoms with Crippen LogP contribution in [0.25, 0.3) is 11.3 Å². The number of pyridine rings is 1. The summed E-state index contributed by atoms with van der Waals surface area (Å²) in [7, 11) is 0. The van der Waals surface area contributed by atoms with Gasteiger partial charge in [0, 0.05) is 24.0 Å². The van der Waals surface area contributed by atoms with Crippen molar-refractivity contribution in [2.24, 2.45) is 0 Å². The first-order valence-electron chi connectivity index (χ1n) is 6.27. The number of rotatable bonds is 5. The third kappa shape index (κ3) is 2.80. The Morgan fingerprint density at radius 3 is 2.78 bits per heavy atom. The summed E-state index contributed by atoms with van der Waals surface area (Å²) in [6.07, 6.45) is 1.82. The molecule has 1 heterocycles. The second-order valence-corrected chi connectivity index (χ2v) is 3.89. The van der Waals surface area contributed by atoms with Crippen LogP contribution in [0.15, 0.2) is 42.6 Å². The molecule has 0 fully saturated rings. The summed E-state index contributed by atoms with van der Waals surface area (Å²) in [5.41, 5.74) is 3.03. The zero-order valence-electron chi connectivity index (χ0n) is 10.8. The Labute approximate surface area is 108 Å². The Morgan fingerprint density at radius 2 is 2.00 bits per heavy atom. The lowest BCUT2D eigenvalue weighted by molar-refractivity contribution is 0.341. The van der Waals surface area contributed by atoms with Gasteiger partial charge in [0.1, 0.15) is 5.75 Å². The van der Waals surface area contributed by atoms with E-state index in [1.54, 1.807) is 0 Å². The number of anilines is 1. The summed E-state index contributed by atoms with van der Waals surface area (Å²) in [6, 6.07) is 12.0. The van der Waals surface area contributed by atoms with Gasteiger partial charge in [-0.05, 0) is 38.1 Å². The molecule has 0 radical (unpaired) electrons. The fourth-order valence-electron chi connectivity index (χ4n) is 1.85. The van der Waals surface area contributed by atoms with E-state index in [1.807, 2.05) is 49.5 Å². The molecule has 0 aliphatic rings. The fraction of sp³-hybridized carbons (Fsp3) is 0.267. The van der Waals surface area contributed by atoms with Gasteiger partial charge in [0.05, 0.1) is 12.3 Å². The monoisotopic (exact) mass is 242 g/mol. The van der Waals surface area contributed by atoms with Crippen molar-refractivity contribution >= 4 is 5.69 Å². The molecule has 0 aliphatic carbocycles. The van der Waals surface area contributed by atoms with E-state index in [-0.39, 0.29) is 0 Å². The SMILES string of the molecule is CCNc1ccnc(-c2ccccc2OCC)c1.